The summed E-state index contributed by atoms with van der Waals surface area (Å²) in [5.74, 6) is 0.926. The van der Waals surface area contributed by atoms with Crippen LogP contribution in [-0.2, 0) is 16.1 Å². The van der Waals surface area contributed by atoms with Crippen LogP contribution >= 0.6 is 0 Å². The van der Waals surface area contributed by atoms with Crippen molar-refractivity contribution in [2.75, 3.05) is 0 Å². The molecule has 1 aliphatic heterocycles. The SMILES string of the molecule is O=C1C2C3C=CC(CC3)C2C(=O)N1Cc1ccco1. The average Bonchev–Trinajstić information content (AvgIpc) is 3.04. The van der Waals surface area contributed by atoms with E-state index in [4.69, 9.17) is 4.42 Å². The van der Waals surface area contributed by atoms with E-state index in [2.05, 4.69) is 12.2 Å². The van der Waals surface area contributed by atoms with Gasteiger partial charge in [-0.2, -0.15) is 0 Å². The summed E-state index contributed by atoms with van der Waals surface area (Å²) < 4.78 is 5.25. The summed E-state index contributed by atoms with van der Waals surface area (Å²) >= 11 is 0. The molecule has 0 radical (unpaired) electrons. The summed E-state index contributed by atoms with van der Waals surface area (Å²) in [6, 6.07) is 3.58. The predicted octanol–water partition coefficient (Wildman–Crippen LogP) is 1.98. The van der Waals surface area contributed by atoms with Crippen molar-refractivity contribution in [1.82, 2.24) is 4.90 Å². The average molecular weight is 257 g/mol. The highest BCUT2D eigenvalue weighted by Gasteiger charge is 2.56. The zero-order chi connectivity index (χ0) is 13.0. The summed E-state index contributed by atoms with van der Waals surface area (Å²) in [5, 5.41) is 0. The number of hydrogen-bond donors (Lipinski definition) is 0. The van der Waals surface area contributed by atoms with E-state index in [0.717, 1.165) is 12.8 Å². The van der Waals surface area contributed by atoms with Crippen molar-refractivity contribution in [1.29, 1.82) is 0 Å². The second kappa shape index (κ2) is 3.83. The van der Waals surface area contributed by atoms with Gasteiger partial charge < -0.3 is 4.42 Å². The van der Waals surface area contributed by atoms with Crippen molar-refractivity contribution in [3.8, 4) is 0 Å². The first-order chi connectivity index (χ1) is 9.25. The maximum atomic E-state index is 12.5. The zero-order valence-corrected chi connectivity index (χ0v) is 10.5. The van der Waals surface area contributed by atoms with Crippen molar-refractivity contribution in [3.05, 3.63) is 36.3 Å². The molecule has 19 heavy (non-hydrogen) atoms. The molecule has 0 aromatic carbocycles. The number of carbonyl (C=O) groups is 2. The Morgan fingerprint density at radius 1 is 1.11 bits per heavy atom. The van der Waals surface area contributed by atoms with Crippen molar-refractivity contribution in [2.24, 2.45) is 23.7 Å². The number of likely N-dealkylation sites (tertiary alicyclic amines) is 1. The fraction of sp³-hybridized carbons (Fsp3) is 0.467. The smallest absolute Gasteiger partial charge is 0.234 e. The third-order valence-corrected chi connectivity index (χ3v) is 4.74. The van der Waals surface area contributed by atoms with E-state index in [1.54, 1.807) is 18.4 Å². The van der Waals surface area contributed by atoms with Gasteiger partial charge in [0.05, 0.1) is 24.6 Å². The molecule has 98 valence electrons. The molecular weight excluding hydrogens is 242 g/mol. The molecule has 1 aromatic rings. The van der Waals surface area contributed by atoms with Gasteiger partial charge in [-0.25, -0.2) is 0 Å². The Morgan fingerprint density at radius 3 is 2.21 bits per heavy atom. The second-order valence-electron chi connectivity index (χ2n) is 5.68. The molecule has 4 atom stereocenters. The van der Waals surface area contributed by atoms with E-state index in [0.29, 0.717) is 5.76 Å². The van der Waals surface area contributed by atoms with Gasteiger partial charge >= 0.3 is 0 Å². The van der Waals surface area contributed by atoms with Crippen LogP contribution in [0, 0.1) is 23.7 Å². The number of allylic oxidation sites excluding steroid dienone is 2. The van der Waals surface area contributed by atoms with Gasteiger partial charge in [0.25, 0.3) is 0 Å². The first kappa shape index (κ1) is 11.0. The summed E-state index contributed by atoms with van der Waals surface area (Å²) in [4.78, 5) is 26.4. The Morgan fingerprint density at radius 2 is 1.74 bits per heavy atom. The standard InChI is InChI=1S/C15H15NO3/c17-14-12-9-3-4-10(6-5-9)13(12)15(18)16(14)8-11-2-1-7-19-11/h1-4,7,9-10,12-13H,5-6,8H2. The van der Waals surface area contributed by atoms with Gasteiger partial charge in [0, 0.05) is 0 Å². The molecule has 2 fully saturated rings. The minimum absolute atomic E-state index is 0.00884. The van der Waals surface area contributed by atoms with Gasteiger partial charge in [-0.05, 0) is 36.8 Å². The largest absolute Gasteiger partial charge is 0.467 e. The van der Waals surface area contributed by atoms with Crippen molar-refractivity contribution >= 4 is 11.8 Å². The van der Waals surface area contributed by atoms with Crippen LogP contribution in [0.5, 0.6) is 0 Å². The molecule has 0 spiro atoms. The van der Waals surface area contributed by atoms with Gasteiger partial charge in [-0.15, -0.1) is 0 Å². The van der Waals surface area contributed by atoms with Crippen molar-refractivity contribution < 1.29 is 14.0 Å². The fourth-order valence-corrected chi connectivity index (χ4v) is 3.85. The molecule has 4 unspecified atom stereocenters. The molecule has 5 rings (SSSR count). The Kier molecular flexibility index (Phi) is 2.22. The number of amides is 2. The number of carbonyl (C=O) groups excluding carboxylic acids is 2. The number of fused-ring (bicyclic) bond motifs is 1. The molecule has 1 saturated heterocycles. The highest BCUT2D eigenvalue weighted by atomic mass is 16.3. The summed E-state index contributed by atoms with van der Waals surface area (Å²) in [6.07, 6.45) is 7.92. The third-order valence-electron chi connectivity index (χ3n) is 4.74. The quantitative estimate of drug-likeness (QED) is 0.601. The summed E-state index contributed by atoms with van der Waals surface area (Å²) in [5.41, 5.74) is 0. The van der Waals surface area contributed by atoms with Crippen LogP contribution < -0.4 is 0 Å². The zero-order valence-electron chi connectivity index (χ0n) is 10.5. The summed E-state index contributed by atoms with van der Waals surface area (Å²) in [6.45, 7) is 0.275. The van der Waals surface area contributed by atoms with E-state index in [1.807, 2.05) is 0 Å². The number of hydrogen-bond acceptors (Lipinski definition) is 3. The Bertz CT molecular complexity index is 528. The predicted molar refractivity (Wildman–Crippen MR) is 66.6 cm³/mol. The molecule has 3 aliphatic carbocycles. The Hall–Kier alpha value is -1.84. The van der Waals surface area contributed by atoms with Gasteiger partial charge in [0.1, 0.15) is 5.76 Å². The van der Waals surface area contributed by atoms with E-state index in [-0.39, 0.29) is 42.0 Å². The first-order valence-electron chi connectivity index (χ1n) is 6.81. The van der Waals surface area contributed by atoms with E-state index >= 15 is 0 Å². The Labute approximate surface area is 111 Å². The lowest BCUT2D eigenvalue weighted by molar-refractivity contribution is -0.141. The van der Waals surface area contributed by atoms with Crippen LogP contribution in [0.1, 0.15) is 18.6 Å². The van der Waals surface area contributed by atoms with Crippen LogP contribution in [0.15, 0.2) is 35.0 Å². The van der Waals surface area contributed by atoms with Gasteiger partial charge in [0.2, 0.25) is 11.8 Å². The summed E-state index contributed by atoms with van der Waals surface area (Å²) in [7, 11) is 0. The van der Waals surface area contributed by atoms with Crippen LogP contribution in [-0.4, -0.2) is 16.7 Å². The Balaban J connectivity index is 1.66. The second-order valence-corrected chi connectivity index (χ2v) is 5.68. The highest BCUT2D eigenvalue weighted by Crippen LogP contribution is 2.49. The number of furan rings is 1. The maximum absolute atomic E-state index is 12.5. The van der Waals surface area contributed by atoms with Gasteiger partial charge in [0.15, 0.2) is 0 Å². The third kappa shape index (κ3) is 1.46. The fourth-order valence-electron chi connectivity index (χ4n) is 3.85. The normalized spacial score (nSPS) is 36.1. The molecule has 2 bridgehead atoms. The topological polar surface area (TPSA) is 50.5 Å². The van der Waals surface area contributed by atoms with Crippen LogP contribution in [0.25, 0.3) is 0 Å². The molecule has 2 heterocycles. The number of nitrogens with zero attached hydrogens (tertiary/aromatic N) is 1. The molecule has 2 amide bonds. The van der Waals surface area contributed by atoms with Crippen LogP contribution in [0.3, 0.4) is 0 Å². The molecular formula is C15H15NO3. The first-order valence-corrected chi connectivity index (χ1v) is 6.81. The molecule has 1 aromatic heterocycles. The number of rotatable bonds is 2. The van der Waals surface area contributed by atoms with Crippen LogP contribution in [0.4, 0.5) is 0 Å². The van der Waals surface area contributed by atoms with Gasteiger partial charge in [-0.3, -0.25) is 14.5 Å². The van der Waals surface area contributed by atoms with E-state index in [9.17, 15) is 9.59 Å². The highest BCUT2D eigenvalue weighted by molar-refractivity contribution is 6.05. The molecule has 0 N–H and O–H groups in total. The molecule has 1 saturated carbocycles. The van der Waals surface area contributed by atoms with E-state index in [1.165, 1.54) is 4.90 Å². The van der Waals surface area contributed by atoms with E-state index < -0.39 is 0 Å². The minimum atomic E-state index is -0.119. The maximum Gasteiger partial charge on any atom is 0.234 e. The molecule has 4 nitrogen and oxygen atoms in total. The van der Waals surface area contributed by atoms with Crippen LogP contribution in [0.2, 0.25) is 0 Å². The minimum Gasteiger partial charge on any atom is -0.467 e. The van der Waals surface area contributed by atoms with Crippen molar-refractivity contribution in [2.45, 2.75) is 19.4 Å². The lowest BCUT2D eigenvalue weighted by atomic mass is 9.63. The molecule has 4 heteroatoms. The number of imide groups is 1. The molecule has 4 aliphatic rings. The van der Waals surface area contributed by atoms with Gasteiger partial charge in [-0.1, -0.05) is 12.2 Å². The lowest BCUT2D eigenvalue weighted by Crippen LogP contribution is -2.38. The lowest BCUT2D eigenvalue weighted by Gasteiger charge is -2.38. The van der Waals surface area contributed by atoms with Crippen molar-refractivity contribution in [3.63, 3.8) is 0 Å². The monoisotopic (exact) mass is 257 g/mol.